The zero-order chi connectivity index (χ0) is 13.6. The molecule has 0 bridgehead atoms. The minimum atomic E-state index is 0.494. The largest absolute Gasteiger partial charge is 0.293 e. The highest BCUT2D eigenvalue weighted by Gasteiger charge is 2.26. The maximum atomic E-state index is 6.20. The molecule has 0 radical (unpaired) electrons. The second-order valence-corrected chi connectivity index (χ2v) is 5.91. The molecular formula is C13H18ClN5. The third kappa shape index (κ3) is 2.32. The SMILES string of the molecule is CC1CC(C)N(Cc2nc(Cl)c3cnn(C)c3n2)C1. The fourth-order valence-corrected chi connectivity index (χ4v) is 3.12. The van der Waals surface area contributed by atoms with Crippen molar-refractivity contribution in [1.82, 2.24) is 24.6 Å². The summed E-state index contributed by atoms with van der Waals surface area (Å²) in [4.78, 5) is 11.4. The van der Waals surface area contributed by atoms with Gasteiger partial charge in [-0.2, -0.15) is 5.10 Å². The Balaban J connectivity index is 1.91. The fourth-order valence-electron chi connectivity index (χ4n) is 2.89. The third-order valence-corrected chi connectivity index (χ3v) is 4.14. The number of aromatic nitrogens is 4. The molecule has 0 aromatic carbocycles. The molecule has 19 heavy (non-hydrogen) atoms. The maximum Gasteiger partial charge on any atom is 0.162 e. The lowest BCUT2D eigenvalue weighted by atomic mass is 10.1. The minimum absolute atomic E-state index is 0.494. The number of likely N-dealkylation sites (tertiary alicyclic amines) is 1. The summed E-state index contributed by atoms with van der Waals surface area (Å²) in [7, 11) is 1.87. The Bertz CT molecular complexity index is 608. The van der Waals surface area contributed by atoms with Crippen LogP contribution in [-0.4, -0.2) is 37.2 Å². The number of fused-ring (bicyclic) bond motifs is 1. The van der Waals surface area contributed by atoms with E-state index in [-0.39, 0.29) is 0 Å². The fraction of sp³-hybridized carbons (Fsp3) is 0.615. The van der Waals surface area contributed by atoms with E-state index < -0.39 is 0 Å². The van der Waals surface area contributed by atoms with Gasteiger partial charge < -0.3 is 0 Å². The summed E-state index contributed by atoms with van der Waals surface area (Å²) in [5.74, 6) is 1.52. The Morgan fingerprint density at radius 1 is 1.37 bits per heavy atom. The lowest BCUT2D eigenvalue weighted by molar-refractivity contribution is 0.250. The van der Waals surface area contributed by atoms with Crippen LogP contribution in [0.15, 0.2) is 6.20 Å². The van der Waals surface area contributed by atoms with E-state index in [4.69, 9.17) is 11.6 Å². The van der Waals surface area contributed by atoms with Gasteiger partial charge in [-0.1, -0.05) is 18.5 Å². The molecule has 0 N–H and O–H groups in total. The Morgan fingerprint density at radius 2 is 2.16 bits per heavy atom. The number of aryl methyl sites for hydroxylation is 1. The van der Waals surface area contributed by atoms with Gasteiger partial charge >= 0.3 is 0 Å². The zero-order valence-corrected chi connectivity index (χ0v) is 12.2. The van der Waals surface area contributed by atoms with E-state index >= 15 is 0 Å². The maximum absolute atomic E-state index is 6.20. The van der Waals surface area contributed by atoms with Crippen LogP contribution in [0.4, 0.5) is 0 Å². The number of nitrogens with zero attached hydrogens (tertiary/aromatic N) is 5. The summed E-state index contributed by atoms with van der Waals surface area (Å²) in [5.41, 5.74) is 0.801. The monoisotopic (exact) mass is 279 g/mol. The van der Waals surface area contributed by atoms with Crippen molar-refractivity contribution in [3.05, 3.63) is 17.2 Å². The van der Waals surface area contributed by atoms with Crippen molar-refractivity contribution in [2.45, 2.75) is 32.9 Å². The van der Waals surface area contributed by atoms with Gasteiger partial charge in [-0.05, 0) is 19.3 Å². The van der Waals surface area contributed by atoms with E-state index in [1.165, 1.54) is 6.42 Å². The molecule has 0 aliphatic carbocycles. The summed E-state index contributed by atoms with van der Waals surface area (Å²) in [6.07, 6.45) is 2.95. The van der Waals surface area contributed by atoms with Gasteiger partial charge in [0.15, 0.2) is 5.65 Å². The van der Waals surface area contributed by atoms with Gasteiger partial charge in [-0.25, -0.2) is 9.97 Å². The molecule has 0 spiro atoms. The normalized spacial score (nSPS) is 24.4. The smallest absolute Gasteiger partial charge is 0.162 e. The van der Waals surface area contributed by atoms with Gasteiger partial charge in [0.1, 0.15) is 11.0 Å². The summed E-state index contributed by atoms with van der Waals surface area (Å²) < 4.78 is 1.74. The van der Waals surface area contributed by atoms with Gasteiger partial charge in [0, 0.05) is 19.6 Å². The summed E-state index contributed by atoms with van der Waals surface area (Å²) in [6, 6.07) is 0.583. The van der Waals surface area contributed by atoms with Crippen molar-refractivity contribution in [2.75, 3.05) is 6.54 Å². The lowest BCUT2D eigenvalue weighted by Crippen LogP contribution is -2.27. The van der Waals surface area contributed by atoms with Gasteiger partial charge in [-0.15, -0.1) is 0 Å². The predicted octanol–water partition coefficient (Wildman–Crippen LogP) is 2.25. The molecule has 1 aliphatic heterocycles. The predicted molar refractivity (Wildman–Crippen MR) is 75.0 cm³/mol. The molecule has 2 atom stereocenters. The van der Waals surface area contributed by atoms with E-state index in [0.29, 0.717) is 11.2 Å². The highest BCUT2D eigenvalue weighted by molar-refractivity contribution is 6.33. The Morgan fingerprint density at radius 3 is 2.84 bits per heavy atom. The van der Waals surface area contributed by atoms with E-state index in [0.717, 1.165) is 35.9 Å². The zero-order valence-electron chi connectivity index (χ0n) is 11.5. The highest BCUT2D eigenvalue weighted by Crippen LogP contribution is 2.25. The van der Waals surface area contributed by atoms with Crippen molar-refractivity contribution in [3.8, 4) is 0 Å². The molecule has 1 aliphatic rings. The minimum Gasteiger partial charge on any atom is -0.293 e. The van der Waals surface area contributed by atoms with Crippen LogP contribution in [0.5, 0.6) is 0 Å². The molecule has 102 valence electrons. The molecule has 2 unspecified atom stereocenters. The molecule has 3 rings (SSSR count). The average Bonchev–Trinajstić information content (AvgIpc) is 2.84. The second-order valence-electron chi connectivity index (χ2n) is 5.56. The molecule has 6 heteroatoms. The molecule has 5 nitrogen and oxygen atoms in total. The van der Waals surface area contributed by atoms with Gasteiger partial charge in [0.2, 0.25) is 0 Å². The molecule has 0 saturated carbocycles. The van der Waals surface area contributed by atoms with Crippen molar-refractivity contribution in [3.63, 3.8) is 0 Å². The van der Waals surface area contributed by atoms with Crippen LogP contribution in [0.3, 0.4) is 0 Å². The Hall–Kier alpha value is -1.20. The van der Waals surface area contributed by atoms with Gasteiger partial charge in [0.25, 0.3) is 0 Å². The van der Waals surface area contributed by atoms with Crippen LogP contribution >= 0.6 is 11.6 Å². The number of halogens is 1. The molecule has 2 aromatic heterocycles. The van der Waals surface area contributed by atoms with E-state index in [9.17, 15) is 0 Å². The summed E-state index contributed by atoms with van der Waals surface area (Å²) in [5, 5.41) is 5.48. The van der Waals surface area contributed by atoms with Crippen LogP contribution in [0.2, 0.25) is 5.15 Å². The van der Waals surface area contributed by atoms with Gasteiger partial charge in [-0.3, -0.25) is 9.58 Å². The Labute approximate surface area is 117 Å². The first kappa shape index (κ1) is 12.8. The first-order valence-electron chi connectivity index (χ1n) is 6.62. The number of hydrogen-bond donors (Lipinski definition) is 0. The average molecular weight is 280 g/mol. The van der Waals surface area contributed by atoms with Crippen molar-refractivity contribution in [1.29, 1.82) is 0 Å². The quantitative estimate of drug-likeness (QED) is 0.791. The highest BCUT2D eigenvalue weighted by atomic mass is 35.5. The van der Waals surface area contributed by atoms with Crippen LogP contribution in [0.25, 0.3) is 11.0 Å². The molecule has 0 amide bonds. The third-order valence-electron chi connectivity index (χ3n) is 3.85. The first-order valence-corrected chi connectivity index (χ1v) is 7.00. The topological polar surface area (TPSA) is 46.8 Å². The van der Waals surface area contributed by atoms with E-state index in [1.807, 2.05) is 7.05 Å². The number of hydrogen-bond acceptors (Lipinski definition) is 4. The number of rotatable bonds is 2. The molecule has 1 fully saturated rings. The molecule has 2 aromatic rings. The first-order chi connectivity index (χ1) is 9.04. The Kier molecular flexibility index (Phi) is 3.19. The molecule has 1 saturated heterocycles. The summed E-state index contributed by atoms with van der Waals surface area (Å²) in [6.45, 7) is 6.40. The van der Waals surface area contributed by atoms with Crippen LogP contribution in [0.1, 0.15) is 26.1 Å². The van der Waals surface area contributed by atoms with E-state index in [1.54, 1.807) is 10.9 Å². The van der Waals surface area contributed by atoms with Crippen molar-refractivity contribution < 1.29 is 0 Å². The molecular weight excluding hydrogens is 262 g/mol. The second kappa shape index (κ2) is 4.72. The molecule has 3 heterocycles. The van der Waals surface area contributed by atoms with Crippen LogP contribution in [0, 0.1) is 5.92 Å². The van der Waals surface area contributed by atoms with E-state index in [2.05, 4.69) is 33.8 Å². The standard InChI is InChI=1S/C13H18ClN5/c1-8-4-9(2)19(6-8)7-11-16-12(14)10-5-15-18(3)13(10)17-11/h5,8-9H,4,6-7H2,1-3H3. The van der Waals surface area contributed by atoms with Crippen LogP contribution < -0.4 is 0 Å². The van der Waals surface area contributed by atoms with Gasteiger partial charge in [0.05, 0.1) is 18.1 Å². The summed E-state index contributed by atoms with van der Waals surface area (Å²) >= 11 is 6.20. The van der Waals surface area contributed by atoms with Crippen molar-refractivity contribution in [2.24, 2.45) is 13.0 Å². The van der Waals surface area contributed by atoms with Crippen molar-refractivity contribution >= 4 is 22.6 Å². The van der Waals surface area contributed by atoms with Crippen LogP contribution in [-0.2, 0) is 13.6 Å². The lowest BCUT2D eigenvalue weighted by Gasteiger charge is -2.19.